The molecular weight excluding hydrogens is 270 g/mol. The third-order valence-corrected chi connectivity index (χ3v) is 2.84. The first kappa shape index (κ1) is 12.8. The van der Waals surface area contributed by atoms with Crippen LogP contribution in [0.1, 0.15) is 19.8 Å². The predicted octanol–water partition coefficient (Wildman–Crippen LogP) is 1.85. The number of unbranched alkanes of at least 4 members (excludes halogenated alkanes) is 1. The van der Waals surface area contributed by atoms with E-state index in [1.807, 2.05) is 0 Å². The van der Waals surface area contributed by atoms with Gasteiger partial charge in [-0.15, -0.1) is 6.42 Å². The topological polar surface area (TPSA) is 46.9 Å². The number of hydrogen-bond donors (Lipinski definition) is 1. The Bertz CT molecular complexity index is 448. The fraction of sp³-hybridized carbons (Fsp3) is 0.455. The first-order valence-corrected chi connectivity index (χ1v) is 5.93. The Hall–Kier alpha value is -1.28. The minimum absolute atomic E-state index is 0.187. The molecule has 86 valence electrons. The molecule has 0 bridgehead atoms. The average molecular weight is 284 g/mol. The Balaban J connectivity index is 2.86. The van der Waals surface area contributed by atoms with Crippen molar-refractivity contribution in [3.8, 4) is 12.3 Å². The fourth-order valence-corrected chi connectivity index (χ4v) is 1.63. The number of nitrogens with zero attached hydrogens (tertiary/aromatic N) is 2. The molecule has 0 saturated heterocycles. The lowest BCUT2D eigenvalue weighted by Crippen LogP contribution is -2.24. The van der Waals surface area contributed by atoms with Crippen LogP contribution >= 0.6 is 15.9 Å². The largest absolute Gasteiger partial charge is 0.383 e. The Morgan fingerprint density at radius 1 is 1.69 bits per heavy atom. The van der Waals surface area contributed by atoms with Crippen molar-refractivity contribution in [1.29, 1.82) is 0 Å². The highest BCUT2D eigenvalue weighted by atomic mass is 79.9. The van der Waals surface area contributed by atoms with Crippen LogP contribution in [-0.4, -0.2) is 16.3 Å². The normalized spacial score (nSPS) is 9.81. The number of halogens is 1. The smallest absolute Gasteiger partial charge is 0.284 e. The Morgan fingerprint density at radius 3 is 3.06 bits per heavy atom. The molecule has 1 aromatic heterocycles. The van der Waals surface area contributed by atoms with E-state index in [-0.39, 0.29) is 12.1 Å². The van der Waals surface area contributed by atoms with Crippen LogP contribution in [-0.2, 0) is 6.54 Å². The number of nitrogens with one attached hydrogen (secondary N) is 1. The van der Waals surface area contributed by atoms with Crippen molar-refractivity contribution >= 4 is 21.6 Å². The Morgan fingerprint density at radius 2 is 2.44 bits per heavy atom. The lowest BCUT2D eigenvalue weighted by atomic mass is 10.3. The second kappa shape index (κ2) is 6.33. The summed E-state index contributed by atoms with van der Waals surface area (Å²) < 4.78 is 1.73. The second-order valence-corrected chi connectivity index (χ2v) is 4.11. The van der Waals surface area contributed by atoms with Crippen LogP contribution in [0.15, 0.2) is 15.5 Å². The van der Waals surface area contributed by atoms with Crippen LogP contribution < -0.4 is 10.9 Å². The van der Waals surface area contributed by atoms with Crippen molar-refractivity contribution in [3.05, 3.63) is 21.0 Å². The maximum atomic E-state index is 11.7. The summed E-state index contributed by atoms with van der Waals surface area (Å²) in [6, 6.07) is 0. The molecular formula is C11H14BrN3O. The highest BCUT2D eigenvalue weighted by molar-refractivity contribution is 9.10. The van der Waals surface area contributed by atoms with E-state index in [2.05, 4.69) is 39.2 Å². The summed E-state index contributed by atoms with van der Waals surface area (Å²) in [6.45, 7) is 3.13. The highest BCUT2D eigenvalue weighted by Gasteiger charge is 2.07. The van der Waals surface area contributed by atoms with E-state index in [4.69, 9.17) is 6.42 Å². The number of hydrogen-bond acceptors (Lipinski definition) is 3. The van der Waals surface area contributed by atoms with Gasteiger partial charge in [-0.2, -0.15) is 5.10 Å². The molecule has 0 aliphatic carbocycles. The summed E-state index contributed by atoms with van der Waals surface area (Å²) in [7, 11) is 0. The molecule has 1 rings (SSSR count). The maximum absolute atomic E-state index is 11.7. The van der Waals surface area contributed by atoms with Gasteiger partial charge in [-0.1, -0.05) is 19.3 Å². The summed E-state index contributed by atoms with van der Waals surface area (Å²) in [5.41, 5.74) is 0.506. The maximum Gasteiger partial charge on any atom is 0.284 e. The van der Waals surface area contributed by atoms with E-state index in [0.717, 1.165) is 19.4 Å². The molecule has 0 aliphatic heterocycles. The van der Waals surface area contributed by atoms with Gasteiger partial charge >= 0.3 is 0 Å². The molecule has 16 heavy (non-hydrogen) atoms. The highest BCUT2D eigenvalue weighted by Crippen LogP contribution is 2.15. The molecule has 0 fully saturated rings. The summed E-state index contributed by atoms with van der Waals surface area (Å²) >= 11 is 3.25. The molecule has 1 aromatic rings. The zero-order valence-electron chi connectivity index (χ0n) is 9.16. The predicted molar refractivity (Wildman–Crippen MR) is 68.4 cm³/mol. The zero-order valence-corrected chi connectivity index (χ0v) is 10.7. The molecule has 5 heteroatoms. The van der Waals surface area contributed by atoms with Crippen molar-refractivity contribution in [2.75, 3.05) is 11.9 Å². The van der Waals surface area contributed by atoms with E-state index in [0.29, 0.717) is 10.2 Å². The number of anilines is 1. The number of rotatable bonds is 5. The second-order valence-electron chi connectivity index (χ2n) is 3.32. The minimum Gasteiger partial charge on any atom is -0.383 e. The molecule has 0 saturated carbocycles. The SMILES string of the molecule is C#CCn1ncc(NCCCC)c(Br)c1=O. The fourth-order valence-electron chi connectivity index (χ4n) is 1.19. The molecule has 0 unspecified atom stereocenters. The lowest BCUT2D eigenvalue weighted by molar-refractivity contribution is 0.659. The first-order valence-electron chi connectivity index (χ1n) is 5.13. The Kier molecular flexibility index (Phi) is 5.06. The van der Waals surface area contributed by atoms with Crippen molar-refractivity contribution in [2.45, 2.75) is 26.3 Å². The number of terminal acetylenes is 1. The van der Waals surface area contributed by atoms with Gasteiger partial charge in [-0.05, 0) is 22.4 Å². The van der Waals surface area contributed by atoms with Crippen molar-refractivity contribution in [2.24, 2.45) is 0 Å². The van der Waals surface area contributed by atoms with E-state index < -0.39 is 0 Å². The molecule has 0 amide bonds. The molecule has 0 aromatic carbocycles. The monoisotopic (exact) mass is 283 g/mol. The van der Waals surface area contributed by atoms with Gasteiger partial charge < -0.3 is 5.32 Å². The van der Waals surface area contributed by atoms with Gasteiger partial charge in [0.15, 0.2) is 0 Å². The van der Waals surface area contributed by atoms with Crippen LogP contribution in [0.25, 0.3) is 0 Å². The van der Waals surface area contributed by atoms with Crippen molar-refractivity contribution in [1.82, 2.24) is 9.78 Å². The van der Waals surface area contributed by atoms with Crippen molar-refractivity contribution in [3.63, 3.8) is 0 Å². The molecule has 1 N–H and O–H groups in total. The molecule has 0 radical (unpaired) electrons. The van der Waals surface area contributed by atoms with Crippen LogP contribution in [0.3, 0.4) is 0 Å². The lowest BCUT2D eigenvalue weighted by Gasteiger charge is -2.08. The number of aromatic nitrogens is 2. The molecule has 4 nitrogen and oxygen atoms in total. The van der Waals surface area contributed by atoms with E-state index in [1.165, 1.54) is 4.68 Å². The van der Waals surface area contributed by atoms with Crippen LogP contribution in [0, 0.1) is 12.3 Å². The summed E-state index contributed by atoms with van der Waals surface area (Å²) in [5.74, 6) is 2.38. The molecule has 1 heterocycles. The van der Waals surface area contributed by atoms with Gasteiger partial charge in [0.25, 0.3) is 5.56 Å². The molecule has 0 aliphatic rings. The van der Waals surface area contributed by atoms with Gasteiger partial charge in [0.05, 0.1) is 11.9 Å². The van der Waals surface area contributed by atoms with Gasteiger partial charge in [0.1, 0.15) is 11.0 Å². The Labute approximate surface area is 103 Å². The third kappa shape index (κ3) is 3.11. The average Bonchev–Trinajstić information content (AvgIpc) is 2.28. The molecule has 0 atom stereocenters. The van der Waals surface area contributed by atoms with Crippen LogP contribution in [0.2, 0.25) is 0 Å². The molecule has 0 spiro atoms. The van der Waals surface area contributed by atoms with Crippen molar-refractivity contribution < 1.29 is 0 Å². The van der Waals surface area contributed by atoms with E-state index >= 15 is 0 Å². The summed E-state index contributed by atoms with van der Waals surface area (Å²) in [5, 5.41) is 7.13. The van der Waals surface area contributed by atoms with Gasteiger partial charge in [0.2, 0.25) is 0 Å². The summed E-state index contributed by atoms with van der Waals surface area (Å²) in [4.78, 5) is 11.7. The van der Waals surface area contributed by atoms with Gasteiger partial charge in [-0.3, -0.25) is 4.79 Å². The van der Waals surface area contributed by atoms with Gasteiger partial charge in [-0.25, -0.2) is 4.68 Å². The van der Waals surface area contributed by atoms with Crippen LogP contribution in [0.4, 0.5) is 5.69 Å². The first-order chi connectivity index (χ1) is 7.70. The minimum atomic E-state index is -0.209. The van der Waals surface area contributed by atoms with E-state index in [1.54, 1.807) is 6.20 Å². The van der Waals surface area contributed by atoms with Gasteiger partial charge in [0, 0.05) is 6.54 Å². The quantitative estimate of drug-likeness (QED) is 0.663. The van der Waals surface area contributed by atoms with Crippen LogP contribution in [0.5, 0.6) is 0 Å². The summed E-state index contributed by atoms with van der Waals surface area (Å²) in [6.07, 6.45) is 8.90. The third-order valence-electron chi connectivity index (χ3n) is 2.07. The standard InChI is InChI=1S/C11H14BrN3O/c1-3-5-6-13-9-8-14-15(7-4-2)11(16)10(9)12/h2,8,13H,3,5-7H2,1H3. The van der Waals surface area contributed by atoms with E-state index in [9.17, 15) is 4.79 Å². The zero-order chi connectivity index (χ0) is 12.0.